The fourth-order valence-corrected chi connectivity index (χ4v) is 2.69. The lowest BCUT2D eigenvalue weighted by atomic mass is 9.78. The minimum atomic E-state index is -0.725. The molecule has 1 nitrogen and oxygen atoms in total. The molecule has 0 saturated heterocycles. The summed E-state index contributed by atoms with van der Waals surface area (Å²) in [6.45, 7) is 1.97. The Hall–Kier alpha value is -0.960. The molecule has 88 valence electrons. The molecule has 2 rings (SSSR count). The maximum absolute atomic E-state index is 13.9. The SMILES string of the molecule is Cc1ccc(C2(CN)CCCC2)c(F)c1F. The minimum absolute atomic E-state index is 0.335. The zero-order valence-electron chi connectivity index (χ0n) is 9.52. The summed E-state index contributed by atoms with van der Waals surface area (Å²) in [5, 5.41) is 0. The van der Waals surface area contributed by atoms with Crippen molar-refractivity contribution in [3.63, 3.8) is 0 Å². The first-order valence-corrected chi connectivity index (χ1v) is 5.76. The minimum Gasteiger partial charge on any atom is -0.330 e. The first kappa shape index (κ1) is 11.5. The maximum atomic E-state index is 13.9. The molecule has 16 heavy (non-hydrogen) atoms. The van der Waals surface area contributed by atoms with Crippen LogP contribution in [0.25, 0.3) is 0 Å². The smallest absolute Gasteiger partial charge is 0.162 e. The third-order valence-electron chi connectivity index (χ3n) is 3.80. The Bertz CT molecular complexity index is 395. The van der Waals surface area contributed by atoms with Crippen LogP contribution in [0.5, 0.6) is 0 Å². The predicted molar refractivity (Wildman–Crippen MR) is 60.3 cm³/mol. The Morgan fingerprint density at radius 1 is 1.19 bits per heavy atom. The first-order chi connectivity index (χ1) is 7.60. The van der Waals surface area contributed by atoms with Crippen LogP contribution in [-0.4, -0.2) is 6.54 Å². The molecule has 1 aromatic rings. The van der Waals surface area contributed by atoms with E-state index in [0.29, 0.717) is 17.7 Å². The monoisotopic (exact) mass is 225 g/mol. The molecule has 0 radical (unpaired) electrons. The van der Waals surface area contributed by atoms with E-state index in [2.05, 4.69) is 0 Å². The highest BCUT2D eigenvalue weighted by Gasteiger charge is 2.37. The lowest BCUT2D eigenvalue weighted by Gasteiger charge is -2.28. The van der Waals surface area contributed by atoms with Gasteiger partial charge in [0.1, 0.15) is 0 Å². The Morgan fingerprint density at radius 2 is 1.81 bits per heavy atom. The van der Waals surface area contributed by atoms with Crippen molar-refractivity contribution in [3.05, 3.63) is 34.9 Å². The van der Waals surface area contributed by atoms with Gasteiger partial charge >= 0.3 is 0 Å². The van der Waals surface area contributed by atoms with Gasteiger partial charge in [0.15, 0.2) is 11.6 Å². The van der Waals surface area contributed by atoms with E-state index in [4.69, 9.17) is 5.73 Å². The van der Waals surface area contributed by atoms with E-state index in [-0.39, 0.29) is 5.41 Å². The third kappa shape index (κ3) is 1.63. The van der Waals surface area contributed by atoms with Gasteiger partial charge in [0.05, 0.1) is 0 Å². The van der Waals surface area contributed by atoms with Crippen molar-refractivity contribution in [1.82, 2.24) is 0 Å². The van der Waals surface area contributed by atoms with Crippen LogP contribution in [0.2, 0.25) is 0 Å². The largest absolute Gasteiger partial charge is 0.330 e. The molecule has 1 aliphatic rings. The zero-order chi connectivity index (χ0) is 11.8. The topological polar surface area (TPSA) is 26.0 Å². The second-order valence-corrected chi connectivity index (χ2v) is 4.75. The highest BCUT2D eigenvalue weighted by molar-refractivity contribution is 5.33. The number of aryl methyl sites for hydroxylation is 1. The molecule has 1 fully saturated rings. The zero-order valence-corrected chi connectivity index (χ0v) is 9.52. The van der Waals surface area contributed by atoms with Crippen LogP contribution in [0.1, 0.15) is 36.8 Å². The molecular formula is C13H17F2N. The van der Waals surface area contributed by atoms with Crippen LogP contribution in [-0.2, 0) is 5.41 Å². The van der Waals surface area contributed by atoms with Crippen molar-refractivity contribution in [3.8, 4) is 0 Å². The standard InChI is InChI=1S/C13H17F2N/c1-9-4-5-10(12(15)11(9)14)13(8-16)6-2-3-7-13/h4-5H,2-3,6-8,16H2,1H3. The van der Waals surface area contributed by atoms with E-state index in [9.17, 15) is 8.78 Å². The lowest BCUT2D eigenvalue weighted by Crippen LogP contribution is -2.33. The molecule has 0 bridgehead atoms. The average Bonchev–Trinajstić information content (AvgIpc) is 2.76. The van der Waals surface area contributed by atoms with Crippen LogP contribution in [0.4, 0.5) is 8.78 Å². The van der Waals surface area contributed by atoms with Crippen molar-refractivity contribution < 1.29 is 8.78 Å². The number of rotatable bonds is 2. The van der Waals surface area contributed by atoms with Gasteiger partial charge in [-0.3, -0.25) is 0 Å². The molecule has 0 spiro atoms. The van der Waals surface area contributed by atoms with Crippen molar-refractivity contribution >= 4 is 0 Å². The predicted octanol–water partition coefficient (Wildman–Crippen LogP) is 3.04. The van der Waals surface area contributed by atoms with Crippen LogP contribution < -0.4 is 5.73 Å². The van der Waals surface area contributed by atoms with E-state index >= 15 is 0 Å². The van der Waals surface area contributed by atoms with Crippen LogP contribution in [0.3, 0.4) is 0 Å². The number of hydrogen-bond acceptors (Lipinski definition) is 1. The summed E-state index contributed by atoms with van der Waals surface area (Å²) >= 11 is 0. The summed E-state index contributed by atoms with van der Waals surface area (Å²) in [6.07, 6.45) is 3.82. The third-order valence-corrected chi connectivity index (χ3v) is 3.80. The van der Waals surface area contributed by atoms with Crippen molar-refractivity contribution in [2.45, 2.75) is 38.0 Å². The van der Waals surface area contributed by atoms with Crippen molar-refractivity contribution in [2.24, 2.45) is 5.73 Å². The highest BCUT2D eigenvalue weighted by atomic mass is 19.2. The fourth-order valence-electron chi connectivity index (χ4n) is 2.69. The number of benzene rings is 1. The fraction of sp³-hybridized carbons (Fsp3) is 0.538. The van der Waals surface area contributed by atoms with Gasteiger partial charge in [-0.25, -0.2) is 8.78 Å². The number of nitrogens with two attached hydrogens (primary N) is 1. The molecule has 3 heteroatoms. The van der Waals surface area contributed by atoms with Crippen LogP contribution in [0.15, 0.2) is 12.1 Å². The van der Waals surface area contributed by atoms with Gasteiger partial charge in [-0.1, -0.05) is 25.0 Å². The Kier molecular flexibility index (Phi) is 2.98. The summed E-state index contributed by atoms with van der Waals surface area (Å²) < 4.78 is 27.5. The van der Waals surface area contributed by atoms with E-state index < -0.39 is 11.6 Å². The van der Waals surface area contributed by atoms with Gasteiger partial charge in [0, 0.05) is 12.0 Å². The average molecular weight is 225 g/mol. The van der Waals surface area contributed by atoms with Gasteiger partial charge in [-0.15, -0.1) is 0 Å². The summed E-state index contributed by atoms with van der Waals surface area (Å²) in [6, 6.07) is 3.34. The van der Waals surface area contributed by atoms with Gasteiger partial charge in [-0.05, 0) is 30.9 Å². The second kappa shape index (κ2) is 4.13. The highest BCUT2D eigenvalue weighted by Crippen LogP contribution is 2.41. The molecule has 0 aliphatic heterocycles. The number of halogens is 2. The van der Waals surface area contributed by atoms with Crippen LogP contribution in [0, 0.1) is 18.6 Å². The molecular weight excluding hydrogens is 208 g/mol. The van der Waals surface area contributed by atoms with Gasteiger partial charge < -0.3 is 5.73 Å². The van der Waals surface area contributed by atoms with Gasteiger partial charge in [0.2, 0.25) is 0 Å². The van der Waals surface area contributed by atoms with E-state index in [0.717, 1.165) is 25.7 Å². The van der Waals surface area contributed by atoms with Gasteiger partial charge in [-0.2, -0.15) is 0 Å². The van der Waals surface area contributed by atoms with Crippen LogP contribution >= 0.6 is 0 Å². The van der Waals surface area contributed by atoms with E-state index in [1.54, 1.807) is 19.1 Å². The van der Waals surface area contributed by atoms with E-state index in [1.807, 2.05) is 0 Å². The quantitative estimate of drug-likeness (QED) is 0.822. The number of hydrogen-bond donors (Lipinski definition) is 1. The molecule has 2 N–H and O–H groups in total. The molecule has 0 aromatic heterocycles. The summed E-state index contributed by atoms with van der Waals surface area (Å²) in [5.74, 6) is -1.43. The normalized spacial score (nSPS) is 19.0. The molecule has 0 unspecified atom stereocenters. The molecule has 0 atom stereocenters. The first-order valence-electron chi connectivity index (χ1n) is 5.76. The molecule has 0 amide bonds. The van der Waals surface area contributed by atoms with Gasteiger partial charge in [0.25, 0.3) is 0 Å². The second-order valence-electron chi connectivity index (χ2n) is 4.75. The van der Waals surface area contributed by atoms with E-state index in [1.165, 1.54) is 0 Å². The lowest BCUT2D eigenvalue weighted by molar-refractivity contribution is 0.406. The molecule has 1 saturated carbocycles. The Morgan fingerprint density at radius 3 is 2.38 bits per heavy atom. The van der Waals surface area contributed by atoms with Crippen molar-refractivity contribution in [1.29, 1.82) is 0 Å². The summed E-state index contributed by atoms with van der Waals surface area (Å²) in [7, 11) is 0. The molecule has 1 aliphatic carbocycles. The molecule has 1 aromatic carbocycles. The van der Waals surface area contributed by atoms with Crippen molar-refractivity contribution in [2.75, 3.05) is 6.54 Å². The summed E-state index contributed by atoms with van der Waals surface area (Å²) in [5.41, 5.74) is 6.26. The Balaban J connectivity index is 2.51. The Labute approximate surface area is 94.7 Å². The summed E-state index contributed by atoms with van der Waals surface area (Å²) in [4.78, 5) is 0. The molecule has 0 heterocycles. The maximum Gasteiger partial charge on any atom is 0.162 e.